The van der Waals surface area contributed by atoms with Crippen LogP contribution < -0.4 is 10.6 Å². The molecule has 0 amide bonds. The summed E-state index contributed by atoms with van der Waals surface area (Å²) in [7, 11) is 2.06. The number of hydrogen-bond acceptors (Lipinski definition) is 4. The second-order valence-electron chi connectivity index (χ2n) is 3.55. The van der Waals surface area contributed by atoms with Gasteiger partial charge in [-0.3, -0.25) is 0 Å². The molecule has 0 aliphatic heterocycles. The number of anilines is 1. The summed E-state index contributed by atoms with van der Waals surface area (Å²) in [5.41, 5.74) is 7.76. The van der Waals surface area contributed by atoms with E-state index in [1.54, 1.807) is 0 Å². The molecule has 0 saturated carbocycles. The number of nitrogens with zero attached hydrogens (tertiary/aromatic N) is 1. The van der Waals surface area contributed by atoms with Crippen molar-refractivity contribution in [1.29, 1.82) is 0 Å². The molecule has 0 fully saturated rings. The standard InChI is InChI=1S/C10H16N2S2/c1-7-8(10(14)9(7)13)12(2)6-4-3-5-11/h3-6,11H2,1-2H3. The van der Waals surface area contributed by atoms with E-state index in [1.807, 2.05) is 6.92 Å². The van der Waals surface area contributed by atoms with Crippen molar-refractivity contribution >= 4 is 30.1 Å². The van der Waals surface area contributed by atoms with Crippen molar-refractivity contribution in [3.63, 3.8) is 0 Å². The van der Waals surface area contributed by atoms with E-state index in [1.165, 1.54) is 5.56 Å². The molecule has 1 aromatic carbocycles. The predicted molar refractivity (Wildman–Crippen MR) is 66.8 cm³/mol. The molecule has 0 aliphatic rings. The Balaban J connectivity index is 2.58. The first-order chi connectivity index (χ1) is 6.59. The van der Waals surface area contributed by atoms with E-state index in [0.717, 1.165) is 40.6 Å². The van der Waals surface area contributed by atoms with Crippen molar-refractivity contribution in [2.45, 2.75) is 19.8 Å². The van der Waals surface area contributed by atoms with Crippen LogP contribution in [0.5, 0.6) is 0 Å². The summed E-state index contributed by atoms with van der Waals surface area (Å²) in [6.45, 7) is 3.80. The van der Waals surface area contributed by atoms with Gasteiger partial charge in [-0.15, -0.1) is 0 Å². The van der Waals surface area contributed by atoms with Gasteiger partial charge >= 0.3 is 0 Å². The van der Waals surface area contributed by atoms with E-state index in [-0.39, 0.29) is 0 Å². The highest BCUT2D eigenvalue weighted by atomic mass is 32.1. The Kier molecular flexibility index (Phi) is 4.16. The zero-order valence-electron chi connectivity index (χ0n) is 8.67. The van der Waals surface area contributed by atoms with E-state index < -0.39 is 0 Å². The largest absolute Gasteiger partial charge is 0.373 e. The SMILES string of the molecule is Cc1c(N(C)CCCCN)c(=S)c1=S. The summed E-state index contributed by atoms with van der Waals surface area (Å²) < 4.78 is 1.72. The van der Waals surface area contributed by atoms with Crippen LogP contribution in [0, 0.1) is 15.9 Å². The van der Waals surface area contributed by atoms with Gasteiger partial charge in [0.1, 0.15) is 0 Å². The zero-order chi connectivity index (χ0) is 10.7. The van der Waals surface area contributed by atoms with E-state index in [0.29, 0.717) is 0 Å². The first-order valence-corrected chi connectivity index (χ1v) is 5.62. The lowest BCUT2D eigenvalue weighted by atomic mass is 10.1. The molecular weight excluding hydrogens is 212 g/mol. The molecule has 1 rings (SSSR count). The highest BCUT2D eigenvalue weighted by Gasteiger charge is 2.13. The second kappa shape index (κ2) is 4.96. The van der Waals surface area contributed by atoms with E-state index in [2.05, 4.69) is 11.9 Å². The van der Waals surface area contributed by atoms with Crippen molar-refractivity contribution in [1.82, 2.24) is 0 Å². The number of hydrogen-bond donors (Lipinski definition) is 1. The lowest BCUT2D eigenvalue weighted by Gasteiger charge is -2.23. The van der Waals surface area contributed by atoms with Crippen LogP contribution in [-0.4, -0.2) is 20.1 Å². The lowest BCUT2D eigenvalue weighted by molar-refractivity contribution is 0.725. The van der Waals surface area contributed by atoms with Gasteiger partial charge in [-0.25, -0.2) is 0 Å². The van der Waals surface area contributed by atoms with E-state index >= 15 is 0 Å². The molecule has 14 heavy (non-hydrogen) atoms. The third kappa shape index (κ3) is 2.19. The summed E-state index contributed by atoms with van der Waals surface area (Å²) in [4.78, 5) is 2.18. The van der Waals surface area contributed by atoms with Crippen molar-refractivity contribution in [3.05, 3.63) is 14.6 Å². The van der Waals surface area contributed by atoms with Crippen LogP contribution in [0.1, 0.15) is 18.4 Å². The molecule has 2 N–H and O–H groups in total. The number of nitrogens with two attached hydrogens (primary N) is 1. The molecule has 0 aliphatic carbocycles. The fourth-order valence-corrected chi connectivity index (χ4v) is 2.21. The second-order valence-corrected chi connectivity index (χ2v) is 4.37. The van der Waals surface area contributed by atoms with Crippen molar-refractivity contribution < 1.29 is 0 Å². The van der Waals surface area contributed by atoms with Crippen molar-refractivity contribution in [2.24, 2.45) is 5.73 Å². The molecule has 0 saturated heterocycles. The first-order valence-electron chi connectivity index (χ1n) is 4.80. The quantitative estimate of drug-likeness (QED) is 0.619. The van der Waals surface area contributed by atoms with Gasteiger partial charge in [0.2, 0.25) is 0 Å². The molecule has 2 nitrogen and oxygen atoms in total. The molecule has 0 bridgehead atoms. The highest BCUT2D eigenvalue weighted by molar-refractivity contribution is 7.74. The van der Waals surface area contributed by atoms with E-state index in [9.17, 15) is 0 Å². The summed E-state index contributed by atoms with van der Waals surface area (Å²) in [6, 6.07) is 0. The molecule has 0 heterocycles. The number of unbranched alkanes of at least 4 members (excludes halogenated alkanes) is 1. The zero-order valence-corrected chi connectivity index (χ0v) is 10.3. The van der Waals surface area contributed by atoms with Crippen molar-refractivity contribution in [2.75, 3.05) is 25.0 Å². The Morgan fingerprint density at radius 1 is 1.21 bits per heavy atom. The summed E-state index contributed by atoms with van der Waals surface area (Å²) >= 11 is 10.3. The third-order valence-corrected chi connectivity index (χ3v) is 3.48. The van der Waals surface area contributed by atoms with Gasteiger partial charge in [-0.2, -0.15) is 0 Å². The third-order valence-electron chi connectivity index (χ3n) is 2.45. The average molecular weight is 228 g/mol. The Bertz CT molecular complexity index is 377. The fraction of sp³-hybridized carbons (Fsp3) is 0.600. The van der Waals surface area contributed by atoms with Crippen molar-refractivity contribution in [3.8, 4) is 0 Å². The molecule has 78 valence electrons. The summed E-state index contributed by atoms with van der Waals surface area (Å²) in [5.74, 6) is 0. The molecule has 0 radical (unpaired) electrons. The molecular formula is C10H16N2S2. The minimum atomic E-state index is 0.759. The van der Waals surface area contributed by atoms with Crippen LogP contribution in [0.15, 0.2) is 0 Å². The van der Waals surface area contributed by atoms with Gasteiger partial charge in [-0.1, -0.05) is 24.4 Å². The maximum absolute atomic E-state index is 5.44. The minimum Gasteiger partial charge on any atom is -0.373 e. The maximum atomic E-state index is 5.44. The van der Waals surface area contributed by atoms with Gasteiger partial charge in [-0.05, 0) is 31.9 Å². The highest BCUT2D eigenvalue weighted by Crippen LogP contribution is 2.28. The number of rotatable bonds is 5. The van der Waals surface area contributed by atoms with Crippen LogP contribution in [0.4, 0.5) is 5.69 Å². The van der Waals surface area contributed by atoms with Crippen LogP contribution in [0.25, 0.3) is 0 Å². The van der Waals surface area contributed by atoms with E-state index in [4.69, 9.17) is 30.2 Å². The fourth-order valence-electron chi connectivity index (χ4n) is 1.56. The predicted octanol–water partition coefficient (Wildman–Crippen LogP) is 2.50. The van der Waals surface area contributed by atoms with Gasteiger partial charge in [0, 0.05) is 13.6 Å². The topological polar surface area (TPSA) is 29.3 Å². The minimum absolute atomic E-state index is 0.759. The Hall–Kier alpha value is -0.320. The smallest absolute Gasteiger partial charge is 0.0797 e. The van der Waals surface area contributed by atoms with Crippen LogP contribution in [0.3, 0.4) is 0 Å². The van der Waals surface area contributed by atoms with Crippen LogP contribution in [0.2, 0.25) is 0 Å². The molecule has 0 unspecified atom stereocenters. The normalized spacial score (nSPS) is 10.8. The molecule has 4 heteroatoms. The van der Waals surface area contributed by atoms with Crippen LogP contribution >= 0.6 is 24.4 Å². The molecule has 1 aromatic rings. The van der Waals surface area contributed by atoms with Gasteiger partial charge in [0.05, 0.1) is 14.7 Å². The van der Waals surface area contributed by atoms with Gasteiger partial charge in [0.25, 0.3) is 0 Å². The Labute approximate surface area is 95.4 Å². The molecule has 0 aromatic heterocycles. The molecule has 0 atom stereocenters. The summed E-state index contributed by atoms with van der Waals surface area (Å²) in [6.07, 6.45) is 2.17. The Morgan fingerprint density at radius 2 is 1.86 bits per heavy atom. The maximum Gasteiger partial charge on any atom is 0.0797 e. The Morgan fingerprint density at radius 3 is 2.36 bits per heavy atom. The van der Waals surface area contributed by atoms with Gasteiger partial charge in [0.15, 0.2) is 0 Å². The lowest BCUT2D eigenvalue weighted by Crippen LogP contribution is -2.22. The monoisotopic (exact) mass is 228 g/mol. The average Bonchev–Trinajstić information content (AvgIpc) is 2.18. The summed E-state index contributed by atoms with van der Waals surface area (Å²) in [5, 5.41) is 0. The molecule has 0 spiro atoms. The first kappa shape index (κ1) is 11.8. The van der Waals surface area contributed by atoms with Crippen LogP contribution in [-0.2, 0) is 0 Å². The van der Waals surface area contributed by atoms with Gasteiger partial charge < -0.3 is 10.6 Å².